The van der Waals surface area contributed by atoms with Crippen LogP contribution in [0.3, 0.4) is 0 Å². The molecular formula is C18H23NO5S. The molecule has 0 heterocycles. The fourth-order valence-electron chi connectivity index (χ4n) is 2.35. The molecule has 0 spiro atoms. The Kier molecular flexibility index (Phi) is 6.27. The van der Waals surface area contributed by atoms with Gasteiger partial charge in [-0.25, -0.2) is 8.42 Å². The van der Waals surface area contributed by atoms with Gasteiger partial charge in [-0.2, -0.15) is 4.31 Å². The first-order valence-corrected chi connectivity index (χ1v) is 9.26. The maximum atomic E-state index is 12.7. The van der Waals surface area contributed by atoms with Crippen molar-refractivity contribution in [2.24, 2.45) is 0 Å². The summed E-state index contributed by atoms with van der Waals surface area (Å²) in [6, 6.07) is 11.7. The second-order valence-corrected chi connectivity index (χ2v) is 7.40. The Morgan fingerprint density at radius 2 is 1.64 bits per heavy atom. The van der Waals surface area contributed by atoms with Gasteiger partial charge in [-0.05, 0) is 48.9 Å². The average Bonchev–Trinajstić information content (AvgIpc) is 2.63. The summed E-state index contributed by atoms with van der Waals surface area (Å²) in [5.41, 5.74) is 0.805. The third-order valence-corrected chi connectivity index (χ3v) is 5.52. The lowest BCUT2D eigenvalue weighted by atomic mass is 10.2. The van der Waals surface area contributed by atoms with E-state index in [1.54, 1.807) is 38.4 Å². The molecule has 2 rings (SSSR count). The van der Waals surface area contributed by atoms with Gasteiger partial charge in [0.15, 0.2) is 11.5 Å². The SMILES string of the molecule is CCOc1ccc(CN(C)S(=O)(=O)c2ccc(OC)cc2)cc1OC. The van der Waals surface area contributed by atoms with Gasteiger partial charge in [-0.1, -0.05) is 6.07 Å². The summed E-state index contributed by atoms with van der Waals surface area (Å²) in [4.78, 5) is 0.216. The zero-order valence-electron chi connectivity index (χ0n) is 14.9. The lowest BCUT2D eigenvalue weighted by Crippen LogP contribution is -2.26. The number of methoxy groups -OCH3 is 2. The number of hydrogen-bond donors (Lipinski definition) is 0. The largest absolute Gasteiger partial charge is 0.497 e. The summed E-state index contributed by atoms with van der Waals surface area (Å²) < 4.78 is 42.5. The molecule has 0 saturated heterocycles. The van der Waals surface area contributed by atoms with Crippen molar-refractivity contribution in [2.45, 2.75) is 18.4 Å². The first kappa shape index (κ1) is 19.1. The lowest BCUT2D eigenvalue weighted by Gasteiger charge is -2.18. The zero-order chi connectivity index (χ0) is 18.4. The van der Waals surface area contributed by atoms with Gasteiger partial charge in [-0.3, -0.25) is 0 Å². The molecule has 25 heavy (non-hydrogen) atoms. The Morgan fingerprint density at radius 1 is 0.960 bits per heavy atom. The van der Waals surface area contributed by atoms with E-state index in [-0.39, 0.29) is 11.4 Å². The monoisotopic (exact) mass is 365 g/mol. The molecule has 0 aliphatic rings. The van der Waals surface area contributed by atoms with Crippen molar-refractivity contribution < 1.29 is 22.6 Å². The van der Waals surface area contributed by atoms with Crippen LogP contribution in [0.4, 0.5) is 0 Å². The van der Waals surface area contributed by atoms with Crippen molar-refractivity contribution in [3.8, 4) is 17.2 Å². The summed E-state index contributed by atoms with van der Waals surface area (Å²) in [5, 5.41) is 0. The van der Waals surface area contributed by atoms with E-state index in [2.05, 4.69) is 0 Å². The van der Waals surface area contributed by atoms with E-state index in [1.807, 2.05) is 13.0 Å². The number of hydrogen-bond acceptors (Lipinski definition) is 5. The average molecular weight is 365 g/mol. The Balaban J connectivity index is 2.21. The highest BCUT2D eigenvalue weighted by molar-refractivity contribution is 7.89. The number of sulfonamides is 1. The van der Waals surface area contributed by atoms with Crippen molar-refractivity contribution in [3.05, 3.63) is 48.0 Å². The van der Waals surface area contributed by atoms with Crippen LogP contribution < -0.4 is 14.2 Å². The number of benzene rings is 2. The normalized spacial score (nSPS) is 11.4. The van der Waals surface area contributed by atoms with Crippen LogP contribution in [0, 0.1) is 0 Å². The number of rotatable bonds is 8. The van der Waals surface area contributed by atoms with E-state index in [0.717, 1.165) is 5.56 Å². The molecule has 0 fully saturated rings. The molecule has 0 bridgehead atoms. The van der Waals surface area contributed by atoms with E-state index >= 15 is 0 Å². The fraction of sp³-hybridized carbons (Fsp3) is 0.333. The third-order valence-electron chi connectivity index (χ3n) is 3.70. The van der Waals surface area contributed by atoms with E-state index in [0.29, 0.717) is 23.9 Å². The van der Waals surface area contributed by atoms with E-state index in [4.69, 9.17) is 14.2 Å². The minimum atomic E-state index is -3.60. The smallest absolute Gasteiger partial charge is 0.243 e. The molecule has 2 aromatic carbocycles. The van der Waals surface area contributed by atoms with Crippen molar-refractivity contribution in [2.75, 3.05) is 27.9 Å². The van der Waals surface area contributed by atoms with Crippen LogP contribution in [-0.2, 0) is 16.6 Å². The standard InChI is InChI=1S/C18H23NO5S/c1-5-24-17-11-6-14(12-18(17)23-4)13-19(2)25(20,21)16-9-7-15(22-3)8-10-16/h6-12H,5,13H2,1-4H3. The van der Waals surface area contributed by atoms with Crippen molar-refractivity contribution in [1.82, 2.24) is 4.31 Å². The van der Waals surface area contributed by atoms with E-state index in [1.165, 1.54) is 23.5 Å². The molecule has 0 aliphatic carbocycles. The molecule has 0 atom stereocenters. The van der Waals surface area contributed by atoms with Crippen LogP contribution in [0.1, 0.15) is 12.5 Å². The van der Waals surface area contributed by atoms with Crippen LogP contribution in [-0.4, -0.2) is 40.6 Å². The van der Waals surface area contributed by atoms with Gasteiger partial charge in [0, 0.05) is 13.6 Å². The van der Waals surface area contributed by atoms with Gasteiger partial charge in [-0.15, -0.1) is 0 Å². The molecule has 0 amide bonds. The molecule has 0 saturated carbocycles. The third kappa shape index (κ3) is 4.43. The van der Waals surface area contributed by atoms with Crippen LogP contribution in [0.2, 0.25) is 0 Å². The van der Waals surface area contributed by atoms with Crippen molar-refractivity contribution >= 4 is 10.0 Å². The molecule has 0 aromatic heterocycles. The predicted molar refractivity (Wildman–Crippen MR) is 95.8 cm³/mol. The lowest BCUT2D eigenvalue weighted by molar-refractivity contribution is 0.310. The van der Waals surface area contributed by atoms with E-state index in [9.17, 15) is 8.42 Å². The molecule has 136 valence electrons. The summed E-state index contributed by atoms with van der Waals surface area (Å²) >= 11 is 0. The highest BCUT2D eigenvalue weighted by Crippen LogP contribution is 2.29. The Hall–Kier alpha value is -2.25. The molecule has 0 N–H and O–H groups in total. The summed E-state index contributed by atoms with van der Waals surface area (Å²) in [5.74, 6) is 1.82. The van der Waals surface area contributed by atoms with Gasteiger partial charge in [0.25, 0.3) is 0 Å². The quantitative estimate of drug-likeness (QED) is 0.720. The molecule has 0 unspecified atom stereocenters. The highest BCUT2D eigenvalue weighted by Gasteiger charge is 2.21. The van der Waals surface area contributed by atoms with Gasteiger partial charge in [0.2, 0.25) is 10.0 Å². The molecular weight excluding hydrogens is 342 g/mol. The number of nitrogens with zero attached hydrogens (tertiary/aromatic N) is 1. The molecule has 2 aromatic rings. The van der Waals surface area contributed by atoms with Gasteiger partial charge in [0.1, 0.15) is 5.75 Å². The fourth-order valence-corrected chi connectivity index (χ4v) is 3.51. The summed E-state index contributed by atoms with van der Waals surface area (Å²) in [7, 11) is 1.04. The van der Waals surface area contributed by atoms with Gasteiger partial charge < -0.3 is 14.2 Å². The van der Waals surface area contributed by atoms with Crippen LogP contribution in [0.5, 0.6) is 17.2 Å². The summed E-state index contributed by atoms with van der Waals surface area (Å²) in [6.45, 7) is 2.64. The van der Waals surface area contributed by atoms with Crippen LogP contribution in [0.15, 0.2) is 47.4 Å². The minimum Gasteiger partial charge on any atom is -0.497 e. The second-order valence-electron chi connectivity index (χ2n) is 5.35. The first-order valence-electron chi connectivity index (χ1n) is 7.82. The maximum Gasteiger partial charge on any atom is 0.243 e. The number of ether oxygens (including phenoxy) is 3. The second kappa shape index (κ2) is 8.22. The zero-order valence-corrected chi connectivity index (χ0v) is 15.7. The predicted octanol–water partition coefficient (Wildman–Crippen LogP) is 2.92. The molecule has 6 nitrogen and oxygen atoms in total. The van der Waals surface area contributed by atoms with Gasteiger partial charge in [0.05, 0.1) is 25.7 Å². The van der Waals surface area contributed by atoms with Gasteiger partial charge >= 0.3 is 0 Å². The first-order chi connectivity index (χ1) is 11.9. The summed E-state index contributed by atoms with van der Waals surface area (Å²) in [6.07, 6.45) is 0. The van der Waals surface area contributed by atoms with Crippen LogP contribution >= 0.6 is 0 Å². The molecule has 0 aliphatic heterocycles. The van der Waals surface area contributed by atoms with Crippen molar-refractivity contribution in [3.63, 3.8) is 0 Å². The van der Waals surface area contributed by atoms with E-state index < -0.39 is 10.0 Å². The minimum absolute atomic E-state index is 0.216. The Morgan fingerprint density at radius 3 is 2.20 bits per heavy atom. The topological polar surface area (TPSA) is 65.1 Å². The highest BCUT2D eigenvalue weighted by atomic mass is 32.2. The van der Waals surface area contributed by atoms with Crippen molar-refractivity contribution in [1.29, 1.82) is 0 Å². The molecule has 0 radical (unpaired) electrons. The maximum absolute atomic E-state index is 12.7. The van der Waals surface area contributed by atoms with Crippen LogP contribution in [0.25, 0.3) is 0 Å². The Labute approximate surface area is 149 Å². The Bertz CT molecular complexity index is 803. The molecule has 7 heteroatoms.